The zero-order valence-electron chi connectivity index (χ0n) is 14.1. The van der Waals surface area contributed by atoms with Gasteiger partial charge in [-0.2, -0.15) is 13.2 Å². The van der Waals surface area contributed by atoms with Gasteiger partial charge in [-0.05, 0) is 43.2 Å². The van der Waals surface area contributed by atoms with Gasteiger partial charge in [0.2, 0.25) is 0 Å². The molecule has 1 heterocycles. The van der Waals surface area contributed by atoms with E-state index in [1.165, 1.54) is 23.6 Å². The molecule has 0 unspecified atom stereocenters. The molecule has 2 aromatic carbocycles. The number of hydrogen-bond acceptors (Lipinski definition) is 1. The summed E-state index contributed by atoms with van der Waals surface area (Å²) in [5.74, 6) is -1.17. The van der Waals surface area contributed by atoms with Crippen molar-refractivity contribution < 1.29 is 23.1 Å². The molecular weight excluding hydrogens is 343 g/mol. The van der Waals surface area contributed by atoms with Gasteiger partial charge >= 0.3 is 12.1 Å². The third-order valence-corrected chi connectivity index (χ3v) is 4.31. The quantitative estimate of drug-likeness (QED) is 0.673. The lowest BCUT2D eigenvalue weighted by Crippen LogP contribution is -2.13. The Morgan fingerprint density at radius 1 is 0.962 bits per heavy atom. The second-order valence-electron chi connectivity index (χ2n) is 6.02. The highest BCUT2D eigenvalue weighted by Crippen LogP contribution is 2.38. The predicted molar refractivity (Wildman–Crippen MR) is 92.6 cm³/mol. The molecule has 0 spiro atoms. The van der Waals surface area contributed by atoms with E-state index in [9.17, 15) is 23.1 Å². The van der Waals surface area contributed by atoms with Gasteiger partial charge < -0.3 is 9.67 Å². The Morgan fingerprint density at radius 2 is 1.62 bits per heavy atom. The fourth-order valence-electron chi connectivity index (χ4n) is 3.12. The molecule has 0 aliphatic carbocycles. The van der Waals surface area contributed by atoms with Crippen LogP contribution in [-0.4, -0.2) is 15.6 Å². The Balaban J connectivity index is 2.25. The topological polar surface area (TPSA) is 42.2 Å². The molecular formula is C20H16F3NO2. The van der Waals surface area contributed by atoms with Crippen LogP contribution in [0.15, 0.2) is 54.6 Å². The smallest absolute Gasteiger partial charge is 0.418 e. The van der Waals surface area contributed by atoms with E-state index in [1.54, 1.807) is 43.3 Å². The largest absolute Gasteiger partial charge is 0.478 e. The normalized spacial score (nSPS) is 11.6. The van der Waals surface area contributed by atoms with Gasteiger partial charge in [-0.3, -0.25) is 0 Å². The van der Waals surface area contributed by atoms with E-state index in [0.29, 0.717) is 16.8 Å². The number of hydrogen-bond donors (Lipinski definition) is 1. The van der Waals surface area contributed by atoms with Gasteiger partial charge in [0.25, 0.3) is 0 Å². The van der Waals surface area contributed by atoms with Crippen molar-refractivity contribution in [1.82, 2.24) is 4.57 Å². The number of aromatic carboxylic acids is 1. The van der Waals surface area contributed by atoms with Crippen LogP contribution in [0.4, 0.5) is 13.2 Å². The summed E-state index contributed by atoms with van der Waals surface area (Å²) in [6.45, 7) is 3.09. The number of aromatic nitrogens is 1. The highest BCUT2D eigenvalue weighted by Gasteiger charge is 2.35. The van der Waals surface area contributed by atoms with E-state index >= 15 is 0 Å². The minimum atomic E-state index is -4.58. The molecule has 6 heteroatoms. The minimum absolute atomic E-state index is 0.0113. The second-order valence-corrected chi connectivity index (χ2v) is 6.02. The van der Waals surface area contributed by atoms with Crippen molar-refractivity contribution in [3.8, 4) is 16.8 Å². The maximum atomic E-state index is 13.7. The van der Waals surface area contributed by atoms with Gasteiger partial charge in [0.05, 0.1) is 16.8 Å². The third kappa shape index (κ3) is 3.10. The molecule has 0 radical (unpaired) electrons. The zero-order valence-corrected chi connectivity index (χ0v) is 14.1. The summed E-state index contributed by atoms with van der Waals surface area (Å²) >= 11 is 0. The van der Waals surface area contributed by atoms with Crippen molar-refractivity contribution in [2.45, 2.75) is 20.0 Å². The average molecular weight is 359 g/mol. The van der Waals surface area contributed by atoms with E-state index in [4.69, 9.17) is 0 Å². The van der Waals surface area contributed by atoms with Gasteiger partial charge in [-0.1, -0.05) is 36.4 Å². The number of benzene rings is 2. The van der Waals surface area contributed by atoms with Crippen LogP contribution >= 0.6 is 0 Å². The van der Waals surface area contributed by atoms with E-state index in [2.05, 4.69) is 0 Å². The molecule has 0 saturated carbocycles. The Morgan fingerprint density at radius 3 is 2.15 bits per heavy atom. The van der Waals surface area contributed by atoms with Crippen LogP contribution in [0.1, 0.15) is 27.3 Å². The summed E-state index contributed by atoms with van der Waals surface area (Å²) in [7, 11) is 0. The average Bonchev–Trinajstić information content (AvgIpc) is 2.89. The summed E-state index contributed by atoms with van der Waals surface area (Å²) in [5.41, 5.74) is 0.908. The number of alkyl halides is 3. The van der Waals surface area contributed by atoms with Crippen LogP contribution < -0.4 is 0 Å². The molecule has 0 aliphatic heterocycles. The number of nitrogens with zero attached hydrogens (tertiary/aromatic N) is 1. The molecule has 1 N–H and O–H groups in total. The molecule has 0 fully saturated rings. The Kier molecular flexibility index (Phi) is 4.36. The summed E-state index contributed by atoms with van der Waals surface area (Å²) in [5, 5.41) is 9.24. The van der Waals surface area contributed by atoms with Crippen molar-refractivity contribution in [2.75, 3.05) is 0 Å². The molecule has 3 aromatic rings. The van der Waals surface area contributed by atoms with E-state index in [0.717, 1.165) is 6.07 Å². The Labute approximate surface area is 148 Å². The van der Waals surface area contributed by atoms with E-state index in [1.807, 2.05) is 0 Å². The first-order valence-corrected chi connectivity index (χ1v) is 7.89. The van der Waals surface area contributed by atoms with Crippen LogP contribution in [0.3, 0.4) is 0 Å². The monoisotopic (exact) mass is 359 g/mol. The predicted octanol–water partition coefficient (Wildman–Crippen LogP) is 5.48. The maximum Gasteiger partial charge on any atom is 0.418 e. The van der Waals surface area contributed by atoms with Gasteiger partial charge in [-0.25, -0.2) is 4.79 Å². The summed E-state index contributed by atoms with van der Waals surface area (Å²) in [6, 6.07) is 14.3. The first-order chi connectivity index (χ1) is 12.2. The molecule has 26 heavy (non-hydrogen) atoms. The Hall–Kier alpha value is -3.02. The molecule has 1 aromatic heterocycles. The second kappa shape index (κ2) is 6.37. The number of carboxylic acids is 1. The summed E-state index contributed by atoms with van der Waals surface area (Å²) in [6.07, 6.45) is -4.58. The van der Waals surface area contributed by atoms with Crippen LogP contribution in [-0.2, 0) is 6.18 Å². The van der Waals surface area contributed by atoms with Crippen molar-refractivity contribution in [3.05, 3.63) is 77.1 Å². The summed E-state index contributed by atoms with van der Waals surface area (Å²) in [4.78, 5) is 11.3. The zero-order chi connectivity index (χ0) is 19.1. The molecule has 3 nitrogen and oxygen atoms in total. The number of rotatable bonds is 3. The van der Waals surface area contributed by atoms with Crippen LogP contribution in [0.5, 0.6) is 0 Å². The highest BCUT2D eigenvalue weighted by molar-refractivity contribution is 5.89. The minimum Gasteiger partial charge on any atom is -0.478 e. The van der Waals surface area contributed by atoms with Crippen LogP contribution in [0, 0.1) is 13.8 Å². The number of aryl methyl sites for hydroxylation is 1. The number of carboxylic acid groups (broad SMARTS) is 1. The van der Waals surface area contributed by atoms with E-state index < -0.39 is 17.7 Å². The van der Waals surface area contributed by atoms with Gasteiger partial charge in [0, 0.05) is 11.4 Å². The van der Waals surface area contributed by atoms with Gasteiger partial charge in [0.1, 0.15) is 0 Å². The highest BCUT2D eigenvalue weighted by atomic mass is 19.4. The van der Waals surface area contributed by atoms with Crippen molar-refractivity contribution in [2.24, 2.45) is 0 Å². The standard InChI is InChI=1S/C20H16F3NO2/c1-12-10-16(19(25)26)13(2)24(12)18-9-8-15(11-17(18)20(21,22)23)14-6-4-3-5-7-14/h3-11H,1-2H3,(H,25,26). The molecule has 3 rings (SSSR count). The Bertz CT molecular complexity index is 973. The van der Waals surface area contributed by atoms with Crippen molar-refractivity contribution >= 4 is 5.97 Å². The first kappa shape index (κ1) is 17.8. The lowest BCUT2D eigenvalue weighted by atomic mass is 10.0. The molecule has 0 aliphatic rings. The van der Waals surface area contributed by atoms with Crippen LogP contribution in [0.2, 0.25) is 0 Å². The molecule has 134 valence electrons. The van der Waals surface area contributed by atoms with Crippen LogP contribution in [0.25, 0.3) is 16.8 Å². The number of carbonyl (C=O) groups is 1. The molecule has 0 amide bonds. The fourth-order valence-corrected chi connectivity index (χ4v) is 3.12. The molecule has 0 saturated heterocycles. The van der Waals surface area contributed by atoms with Gasteiger partial charge in [-0.15, -0.1) is 0 Å². The lowest BCUT2D eigenvalue weighted by molar-refractivity contribution is -0.137. The van der Waals surface area contributed by atoms with Gasteiger partial charge in [0.15, 0.2) is 0 Å². The lowest BCUT2D eigenvalue weighted by Gasteiger charge is -2.18. The maximum absolute atomic E-state index is 13.7. The van der Waals surface area contributed by atoms with E-state index in [-0.39, 0.29) is 16.9 Å². The first-order valence-electron chi connectivity index (χ1n) is 7.89. The summed E-state index contributed by atoms with van der Waals surface area (Å²) < 4.78 is 42.5. The SMILES string of the molecule is Cc1cc(C(=O)O)c(C)n1-c1ccc(-c2ccccc2)cc1C(F)(F)F. The van der Waals surface area contributed by atoms with Crippen molar-refractivity contribution in [1.29, 1.82) is 0 Å². The molecule has 0 bridgehead atoms. The fraction of sp³-hybridized carbons (Fsp3) is 0.150. The van der Waals surface area contributed by atoms with Crippen molar-refractivity contribution in [3.63, 3.8) is 0 Å². The molecule has 0 atom stereocenters. The third-order valence-electron chi connectivity index (χ3n) is 4.31. The number of halogens is 3.